The molecule has 2 nitrogen and oxygen atoms in total. The number of halogens is 1. The molecule has 13 heavy (non-hydrogen) atoms. The fourth-order valence-electron chi connectivity index (χ4n) is 1.08. The third-order valence-corrected chi connectivity index (χ3v) is 2.66. The Morgan fingerprint density at radius 1 is 1.15 bits per heavy atom. The summed E-state index contributed by atoms with van der Waals surface area (Å²) >= 11 is 7.10. The molecule has 0 saturated heterocycles. The minimum absolute atomic E-state index is 0.505. The lowest BCUT2D eigenvalue weighted by atomic mass is 10.2. The quantitative estimate of drug-likeness (QED) is 0.762. The Morgan fingerprint density at radius 3 is 2.54 bits per heavy atom. The second-order valence-electron chi connectivity index (χ2n) is 2.61. The Balaban J connectivity index is 2.15. The minimum Gasteiger partial charge on any atom is -0.142 e. The summed E-state index contributed by atoms with van der Waals surface area (Å²) in [6.07, 6.45) is 0.811. The van der Waals surface area contributed by atoms with Gasteiger partial charge in [-0.1, -0.05) is 41.7 Å². The smallest absolute Gasteiger partial charge is 0.142 e. The molecule has 1 aromatic carbocycles. The zero-order valence-corrected chi connectivity index (χ0v) is 8.35. The molecule has 2 rings (SSSR count). The second kappa shape index (κ2) is 3.85. The van der Waals surface area contributed by atoms with Gasteiger partial charge in [-0.05, 0) is 17.2 Å². The molecule has 0 aliphatic rings. The number of aromatic nitrogens is 2. The summed E-state index contributed by atoms with van der Waals surface area (Å²) in [4.78, 5) is 0. The van der Waals surface area contributed by atoms with Crippen LogP contribution in [0.1, 0.15) is 10.6 Å². The lowest BCUT2D eigenvalue weighted by Crippen LogP contribution is -1.85. The predicted molar refractivity (Wildman–Crippen MR) is 54.2 cm³/mol. The normalized spacial score (nSPS) is 10.2. The predicted octanol–water partition coefficient (Wildman–Crippen LogP) is 2.78. The molecule has 0 bridgehead atoms. The van der Waals surface area contributed by atoms with Crippen molar-refractivity contribution in [1.29, 1.82) is 0 Å². The first-order valence-electron chi connectivity index (χ1n) is 3.86. The number of rotatable bonds is 2. The summed E-state index contributed by atoms with van der Waals surface area (Å²) < 4.78 is 0.505. The molecule has 0 N–H and O–H groups in total. The zero-order valence-electron chi connectivity index (χ0n) is 6.77. The molecule has 0 aliphatic carbocycles. The van der Waals surface area contributed by atoms with Crippen molar-refractivity contribution in [2.75, 3.05) is 0 Å². The van der Waals surface area contributed by atoms with Crippen LogP contribution in [0.15, 0.2) is 30.3 Å². The fourth-order valence-corrected chi connectivity index (χ4v) is 1.98. The van der Waals surface area contributed by atoms with Gasteiger partial charge in [0.05, 0.1) is 0 Å². The molecule has 0 fully saturated rings. The summed E-state index contributed by atoms with van der Waals surface area (Å²) in [5, 5.41) is 8.65. The van der Waals surface area contributed by atoms with E-state index in [-0.39, 0.29) is 0 Å². The molecule has 0 atom stereocenters. The van der Waals surface area contributed by atoms with Crippen LogP contribution < -0.4 is 0 Å². The second-order valence-corrected chi connectivity index (χ2v) is 4.26. The number of nitrogens with zero attached hydrogens (tertiary/aromatic N) is 2. The average molecular weight is 211 g/mol. The van der Waals surface area contributed by atoms with E-state index < -0.39 is 0 Å². The van der Waals surface area contributed by atoms with Gasteiger partial charge in [0.2, 0.25) is 4.47 Å². The summed E-state index contributed by atoms with van der Waals surface area (Å²) in [5.74, 6) is 0. The van der Waals surface area contributed by atoms with Crippen LogP contribution in [0.2, 0.25) is 4.47 Å². The van der Waals surface area contributed by atoms with E-state index in [9.17, 15) is 0 Å². The van der Waals surface area contributed by atoms with Crippen molar-refractivity contribution < 1.29 is 0 Å². The van der Waals surface area contributed by atoms with E-state index in [1.807, 2.05) is 18.2 Å². The first kappa shape index (κ1) is 8.66. The minimum atomic E-state index is 0.505. The zero-order chi connectivity index (χ0) is 9.10. The SMILES string of the molecule is Clc1nnc(Cc2ccccc2)s1. The lowest BCUT2D eigenvalue weighted by Gasteiger charge is -1.94. The van der Waals surface area contributed by atoms with Crippen molar-refractivity contribution in [2.45, 2.75) is 6.42 Å². The van der Waals surface area contributed by atoms with E-state index >= 15 is 0 Å². The van der Waals surface area contributed by atoms with Crippen LogP contribution in [0.4, 0.5) is 0 Å². The van der Waals surface area contributed by atoms with Gasteiger partial charge in [-0.3, -0.25) is 0 Å². The van der Waals surface area contributed by atoms with E-state index in [1.165, 1.54) is 16.9 Å². The van der Waals surface area contributed by atoms with Crippen LogP contribution >= 0.6 is 22.9 Å². The van der Waals surface area contributed by atoms with Gasteiger partial charge >= 0.3 is 0 Å². The molecule has 66 valence electrons. The van der Waals surface area contributed by atoms with Crippen LogP contribution in [0.25, 0.3) is 0 Å². The molecule has 0 amide bonds. The van der Waals surface area contributed by atoms with Crippen LogP contribution in [0, 0.1) is 0 Å². The molecule has 0 unspecified atom stereocenters. The highest BCUT2D eigenvalue weighted by molar-refractivity contribution is 7.15. The monoisotopic (exact) mass is 210 g/mol. The third-order valence-electron chi connectivity index (χ3n) is 1.64. The van der Waals surface area contributed by atoms with Gasteiger partial charge in [0.15, 0.2) is 0 Å². The molecule has 0 aliphatic heterocycles. The lowest BCUT2D eigenvalue weighted by molar-refractivity contribution is 1.00. The Bertz CT molecular complexity index is 386. The molecular weight excluding hydrogens is 204 g/mol. The molecular formula is C9H7ClN2S. The molecule has 1 heterocycles. The van der Waals surface area contributed by atoms with Crippen molar-refractivity contribution in [3.8, 4) is 0 Å². The van der Waals surface area contributed by atoms with Crippen molar-refractivity contribution in [3.05, 3.63) is 45.4 Å². The van der Waals surface area contributed by atoms with E-state index in [4.69, 9.17) is 11.6 Å². The van der Waals surface area contributed by atoms with Crippen LogP contribution in [-0.2, 0) is 6.42 Å². The van der Waals surface area contributed by atoms with Gasteiger partial charge in [0.25, 0.3) is 0 Å². The van der Waals surface area contributed by atoms with E-state index in [2.05, 4.69) is 22.3 Å². The largest absolute Gasteiger partial charge is 0.207 e. The van der Waals surface area contributed by atoms with Crippen molar-refractivity contribution in [3.63, 3.8) is 0 Å². The van der Waals surface area contributed by atoms with Crippen molar-refractivity contribution in [2.24, 2.45) is 0 Å². The third kappa shape index (κ3) is 2.26. The van der Waals surface area contributed by atoms with Crippen LogP contribution in [0.5, 0.6) is 0 Å². The molecule has 1 aromatic heterocycles. The fraction of sp³-hybridized carbons (Fsp3) is 0.111. The Kier molecular flexibility index (Phi) is 2.57. The van der Waals surface area contributed by atoms with Gasteiger partial charge in [0, 0.05) is 6.42 Å². The Morgan fingerprint density at radius 2 is 1.92 bits per heavy atom. The standard InChI is InChI=1S/C9H7ClN2S/c10-9-12-11-8(13-9)6-7-4-2-1-3-5-7/h1-5H,6H2. The van der Waals surface area contributed by atoms with E-state index in [0.717, 1.165) is 11.4 Å². The van der Waals surface area contributed by atoms with E-state index in [1.54, 1.807) is 0 Å². The summed E-state index contributed by atoms with van der Waals surface area (Å²) in [5.41, 5.74) is 1.23. The molecule has 4 heteroatoms. The average Bonchev–Trinajstić information content (AvgIpc) is 2.53. The molecule has 0 radical (unpaired) electrons. The topological polar surface area (TPSA) is 25.8 Å². The highest BCUT2D eigenvalue weighted by Gasteiger charge is 2.01. The van der Waals surface area contributed by atoms with Crippen molar-refractivity contribution >= 4 is 22.9 Å². The van der Waals surface area contributed by atoms with Gasteiger partial charge in [-0.2, -0.15) is 0 Å². The van der Waals surface area contributed by atoms with Crippen molar-refractivity contribution in [1.82, 2.24) is 10.2 Å². The highest BCUT2D eigenvalue weighted by Crippen LogP contribution is 2.17. The summed E-state index contributed by atoms with van der Waals surface area (Å²) in [7, 11) is 0. The molecule has 2 aromatic rings. The van der Waals surface area contributed by atoms with Gasteiger partial charge in [-0.25, -0.2) is 0 Å². The number of hydrogen-bond acceptors (Lipinski definition) is 3. The van der Waals surface area contributed by atoms with Gasteiger partial charge in [-0.15, -0.1) is 10.2 Å². The maximum atomic E-state index is 5.67. The van der Waals surface area contributed by atoms with Crippen LogP contribution in [0.3, 0.4) is 0 Å². The van der Waals surface area contributed by atoms with Gasteiger partial charge in [0.1, 0.15) is 5.01 Å². The Hall–Kier alpha value is -0.930. The van der Waals surface area contributed by atoms with E-state index in [0.29, 0.717) is 4.47 Å². The summed E-state index contributed by atoms with van der Waals surface area (Å²) in [6, 6.07) is 10.1. The molecule has 0 saturated carbocycles. The number of hydrogen-bond donors (Lipinski definition) is 0. The maximum Gasteiger partial charge on any atom is 0.207 e. The highest BCUT2D eigenvalue weighted by atomic mass is 35.5. The van der Waals surface area contributed by atoms with Gasteiger partial charge < -0.3 is 0 Å². The maximum absolute atomic E-state index is 5.67. The first-order valence-corrected chi connectivity index (χ1v) is 5.06. The van der Waals surface area contributed by atoms with Crippen LogP contribution in [-0.4, -0.2) is 10.2 Å². The number of benzene rings is 1. The summed E-state index contributed by atoms with van der Waals surface area (Å²) in [6.45, 7) is 0. The first-order chi connectivity index (χ1) is 6.34. The Labute approximate surface area is 85.2 Å². The molecule has 0 spiro atoms.